The first-order chi connectivity index (χ1) is 15.4. The van der Waals surface area contributed by atoms with Gasteiger partial charge in [0.2, 0.25) is 5.91 Å². The van der Waals surface area contributed by atoms with E-state index in [-0.39, 0.29) is 11.8 Å². The van der Waals surface area contributed by atoms with E-state index in [1.807, 2.05) is 47.4 Å². The summed E-state index contributed by atoms with van der Waals surface area (Å²) in [6, 6.07) is 15.8. The lowest BCUT2D eigenvalue weighted by atomic mass is 10.0. The third-order valence-electron chi connectivity index (χ3n) is 5.91. The van der Waals surface area contributed by atoms with E-state index >= 15 is 0 Å². The fourth-order valence-corrected chi connectivity index (χ4v) is 3.93. The van der Waals surface area contributed by atoms with Crippen LogP contribution in [0.3, 0.4) is 0 Å². The first-order valence-electron chi connectivity index (χ1n) is 11.5. The zero-order valence-corrected chi connectivity index (χ0v) is 19.6. The Bertz CT molecular complexity index is 920. The summed E-state index contributed by atoms with van der Waals surface area (Å²) in [5.41, 5.74) is 3.20. The van der Waals surface area contributed by atoms with Crippen LogP contribution in [-0.2, 0) is 16.0 Å². The molecule has 2 aromatic rings. The second kappa shape index (κ2) is 11.1. The molecule has 1 fully saturated rings. The number of nitrogens with zero attached hydrogens (tertiary/aromatic N) is 2. The van der Waals surface area contributed by atoms with E-state index in [1.54, 1.807) is 6.92 Å². The monoisotopic (exact) mass is 437 g/mol. The van der Waals surface area contributed by atoms with Gasteiger partial charge in [0.05, 0.1) is 6.54 Å². The molecule has 0 aliphatic carbocycles. The standard InChI is InChI=1S/C26H35N3O3/c1-5-21-9-6-7-12-24(21)27-25(30)18-28-13-15-29(16-14-28)26(31)20(4)32-23-11-8-10-22(17-23)19(2)3/h6-12,17,19-20H,5,13-16,18H2,1-4H3,(H,27,30). The number of rotatable bonds is 8. The summed E-state index contributed by atoms with van der Waals surface area (Å²) >= 11 is 0. The molecule has 0 aromatic heterocycles. The smallest absolute Gasteiger partial charge is 0.263 e. The molecule has 1 atom stereocenters. The van der Waals surface area contributed by atoms with Crippen LogP contribution in [0.25, 0.3) is 0 Å². The quantitative estimate of drug-likeness (QED) is 0.680. The molecule has 32 heavy (non-hydrogen) atoms. The molecule has 1 aliphatic rings. The molecule has 1 saturated heterocycles. The van der Waals surface area contributed by atoms with E-state index in [0.717, 1.165) is 23.4 Å². The van der Waals surface area contributed by atoms with Gasteiger partial charge in [-0.1, -0.05) is 51.1 Å². The fourth-order valence-electron chi connectivity index (χ4n) is 3.93. The van der Waals surface area contributed by atoms with Gasteiger partial charge in [0.25, 0.3) is 5.91 Å². The fraction of sp³-hybridized carbons (Fsp3) is 0.462. The largest absolute Gasteiger partial charge is 0.481 e. The van der Waals surface area contributed by atoms with Crippen molar-refractivity contribution in [3.63, 3.8) is 0 Å². The number of aryl methyl sites for hydroxylation is 1. The Kier molecular flexibility index (Phi) is 8.28. The van der Waals surface area contributed by atoms with Gasteiger partial charge in [-0.25, -0.2) is 0 Å². The van der Waals surface area contributed by atoms with Crippen molar-refractivity contribution in [2.45, 2.75) is 46.1 Å². The molecule has 3 rings (SSSR count). The van der Waals surface area contributed by atoms with Crippen molar-refractivity contribution < 1.29 is 14.3 Å². The van der Waals surface area contributed by atoms with E-state index in [1.165, 1.54) is 5.56 Å². The Morgan fingerprint density at radius 1 is 1.00 bits per heavy atom. The number of piperazine rings is 1. The highest BCUT2D eigenvalue weighted by atomic mass is 16.5. The van der Waals surface area contributed by atoms with Crippen molar-refractivity contribution >= 4 is 17.5 Å². The lowest BCUT2D eigenvalue weighted by Crippen LogP contribution is -2.53. The van der Waals surface area contributed by atoms with Crippen molar-refractivity contribution in [1.29, 1.82) is 0 Å². The van der Waals surface area contributed by atoms with Crippen LogP contribution in [0.4, 0.5) is 5.69 Å². The summed E-state index contributed by atoms with van der Waals surface area (Å²) in [5.74, 6) is 1.10. The molecule has 172 valence electrons. The second-order valence-corrected chi connectivity index (χ2v) is 8.65. The van der Waals surface area contributed by atoms with Crippen LogP contribution < -0.4 is 10.1 Å². The Hall–Kier alpha value is -2.86. The van der Waals surface area contributed by atoms with Crippen LogP contribution in [0.2, 0.25) is 0 Å². The average Bonchev–Trinajstić information content (AvgIpc) is 2.79. The van der Waals surface area contributed by atoms with Gasteiger partial charge in [0.1, 0.15) is 5.75 Å². The number of anilines is 1. The van der Waals surface area contributed by atoms with Crippen molar-refractivity contribution in [3.8, 4) is 5.75 Å². The molecule has 0 radical (unpaired) electrons. The minimum Gasteiger partial charge on any atom is -0.481 e. The highest BCUT2D eigenvalue weighted by molar-refractivity contribution is 5.93. The summed E-state index contributed by atoms with van der Waals surface area (Å²) in [4.78, 5) is 29.3. The van der Waals surface area contributed by atoms with Crippen molar-refractivity contribution in [1.82, 2.24) is 9.80 Å². The maximum Gasteiger partial charge on any atom is 0.263 e. The molecule has 0 spiro atoms. The topological polar surface area (TPSA) is 61.9 Å². The molecule has 1 aliphatic heterocycles. The van der Waals surface area contributed by atoms with Gasteiger partial charge in [-0.15, -0.1) is 0 Å². The number of nitrogens with one attached hydrogen (secondary N) is 1. The number of carbonyl (C=O) groups excluding carboxylic acids is 2. The van der Waals surface area contributed by atoms with E-state index < -0.39 is 6.10 Å². The molecule has 0 bridgehead atoms. The predicted octanol–water partition coefficient (Wildman–Crippen LogP) is 3.92. The van der Waals surface area contributed by atoms with Gasteiger partial charge in [-0.05, 0) is 48.6 Å². The number of benzene rings is 2. The summed E-state index contributed by atoms with van der Waals surface area (Å²) in [7, 11) is 0. The van der Waals surface area contributed by atoms with Crippen LogP contribution in [0.5, 0.6) is 5.75 Å². The third kappa shape index (κ3) is 6.33. The number of carbonyl (C=O) groups is 2. The first kappa shape index (κ1) is 23.8. The minimum absolute atomic E-state index is 0.0130. The summed E-state index contributed by atoms with van der Waals surface area (Å²) < 4.78 is 5.93. The van der Waals surface area contributed by atoms with Crippen LogP contribution in [0.1, 0.15) is 44.7 Å². The lowest BCUT2D eigenvalue weighted by Gasteiger charge is -2.35. The van der Waals surface area contributed by atoms with E-state index in [9.17, 15) is 9.59 Å². The van der Waals surface area contributed by atoms with Gasteiger partial charge in [-0.2, -0.15) is 0 Å². The molecule has 6 heteroatoms. The molecule has 0 saturated carbocycles. The molecule has 2 aromatic carbocycles. The Balaban J connectivity index is 1.46. The van der Waals surface area contributed by atoms with Gasteiger partial charge >= 0.3 is 0 Å². The number of hydrogen-bond donors (Lipinski definition) is 1. The van der Waals surface area contributed by atoms with Gasteiger partial charge in [0.15, 0.2) is 6.10 Å². The zero-order chi connectivity index (χ0) is 23.1. The predicted molar refractivity (Wildman–Crippen MR) is 128 cm³/mol. The maximum atomic E-state index is 12.9. The SMILES string of the molecule is CCc1ccccc1NC(=O)CN1CCN(C(=O)C(C)Oc2cccc(C(C)C)c2)CC1. The summed E-state index contributed by atoms with van der Waals surface area (Å²) in [6.45, 7) is 11.0. The Morgan fingerprint density at radius 3 is 2.41 bits per heavy atom. The van der Waals surface area contributed by atoms with Crippen LogP contribution >= 0.6 is 0 Å². The summed E-state index contributed by atoms with van der Waals surface area (Å²) in [5, 5.41) is 3.02. The van der Waals surface area contributed by atoms with Crippen molar-refractivity contribution in [2.75, 3.05) is 38.0 Å². The second-order valence-electron chi connectivity index (χ2n) is 8.65. The van der Waals surface area contributed by atoms with Crippen LogP contribution in [-0.4, -0.2) is 60.4 Å². The van der Waals surface area contributed by atoms with E-state index in [0.29, 0.717) is 38.6 Å². The number of ether oxygens (including phenoxy) is 1. The van der Waals surface area contributed by atoms with Gasteiger partial charge in [0, 0.05) is 31.9 Å². The molecule has 1 N–H and O–H groups in total. The molecule has 2 amide bonds. The number of para-hydroxylation sites is 1. The highest BCUT2D eigenvalue weighted by Crippen LogP contribution is 2.21. The molecular weight excluding hydrogens is 402 g/mol. The maximum absolute atomic E-state index is 12.9. The Labute approximate surface area is 191 Å². The number of amides is 2. The van der Waals surface area contributed by atoms with Gasteiger partial charge < -0.3 is 15.0 Å². The average molecular weight is 438 g/mol. The molecule has 1 unspecified atom stereocenters. The normalized spacial score (nSPS) is 15.5. The summed E-state index contributed by atoms with van der Waals surface area (Å²) in [6.07, 6.45) is 0.331. The van der Waals surface area contributed by atoms with Crippen molar-refractivity contribution in [2.24, 2.45) is 0 Å². The first-order valence-corrected chi connectivity index (χ1v) is 11.5. The minimum atomic E-state index is -0.544. The van der Waals surface area contributed by atoms with E-state index in [2.05, 4.69) is 37.1 Å². The van der Waals surface area contributed by atoms with Crippen LogP contribution in [0, 0.1) is 0 Å². The lowest BCUT2D eigenvalue weighted by molar-refractivity contribution is -0.139. The molecule has 1 heterocycles. The van der Waals surface area contributed by atoms with Crippen LogP contribution in [0.15, 0.2) is 48.5 Å². The number of hydrogen-bond acceptors (Lipinski definition) is 4. The van der Waals surface area contributed by atoms with Gasteiger partial charge in [-0.3, -0.25) is 14.5 Å². The molecular formula is C26H35N3O3. The van der Waals surface area contributed by atoms with Crippen molar-refractivity contribution in [3.05, 3.63) is 59.7 Å². The third-order valence-corrected chi connectivity index (χ3v) is 5.91. The molecule has 6 nitrogen and oxygen atoms in total. The Morgan fingerprint density at radius 2 is 1.72 bits per heavy atom. The van der Waals surface area contributed by atoms with E-state index in [4.69, 9.17) is 4.74 Å². The zero-order valence-electron chi connectivity index (χ0n) is 19.6. The highest BCUT2D eigenvalue weighted by Gasteiger charge is 2.27.